The highest BCUT2D eigenvalue weighted by Gasteiger charge is 2.50. The summed E-state index contributed by atoms with van der Waals surface area (Å²) in [4.78, 5) is 2.73. The maximum Gasteiger partial charge on any atom is 0.0349 e. The van der Waals surface area contributed by atoms with Gasteiger partial charge in [0.1, 0.15) is 0 Å². The Hall–Kier alpha value is 0.500. The molecule has 3 aliphatic heterocycles. The van der Waals surface area contributed by atoms with E-state index in [1.54, 1.807) is 0 Å². The number of piperidine rings is 1. The smallest absolute Gasteiger partial charge is 0.0349 e. The molecule has 3 rings (SSSR count). The SMILES string of the molecule is C1CC2(CN1)C[C@H]1CCN2C1.Cl.Cl. The molecule has 78 valence electrons. The van der Waals surface area contributed by atoms with Crippen LogP contribution in [0, 0.1) is 5.92 Å². The summed E-state index contributed by atoms with van der Waals surface area (Å²) in [5.74, 6) is 1.05. The van der Waals surface area contributed by atoms with Crippen LogP contribution in [-0.4, -0.2) is 36.6 Å². The molecule has 1 spiro atoms. The van der Waals surface area contributed by atoms with Crippen LogP contribution in [-0.2, 0) is 0 Å². The lowest BCUT2D eigenvalue weighted by Crippen LogP contribution is -2.46. The summed E-state index contributed by atoms with van der Waals surface area (Å²) in [6, 6.07) is 0. The maximum absolute atomic E-state index is 3.50. The van der Waals surface area contributed by atoms with E-state index in [1.165, 1.54) is 45.4 Å². The molecular formula is C9H18Cl2N2. The molecule has 3 fully saturated rings. The third-order valence-electron chi connectivity index (χ3n) is 3.85. The number of rotatable bonds is 0. The lowest BCUT2D eigenvalue weighted by molar-refractivity contribution is 0.153. The van der Waals surface area contributed by atoms with Gasteiger partial charge in [-0.15, -0.1) is 24.8 Å². The van der Waals surface area contributed by atoms with E-state index < -0.39 is 0 Å². The van der Waals surface area contributed by atoms with Gasteiger partial charge in [0, 0.05) is 18.6 Å². The summed E-state index contributed by atoms with van der Waals surface area (Å²) in [6.45, 7) is 5.31. The fourth-order valence-corrected chi connectivity index (χ4v) is 3.27. The predicted molar refractivity (Wildman–Crippen MR) is 59.0 cm³/mol. The molecule has 4 heteroatoms. The Morgan fingerprint density at radius 1 is 1.31 bits per heavy atom. The Balaban J connectivity index is 0.000000422. The molecule has 0 aromatic rings. The molecule has 2 bridgehead atoms. The summed E-state index contributed by atoms with van der Waals surface area (Å²) < 4.78 is 0. The number of hydrogen-bond donors (Lipinski definition) is 1. The van der Waals surface area contributed by atoms with Crippen molar-refractivity contribution in [2.45, 2.75) is 24.8 Å². The zero-order valence-corrected chi connectivity index (χ0v) is 9.42. The summed E-state index contributed by atoms with van der Waals surface area (Å²) >= 11 is 0. The van der Waals surface area contributed by atoms with Crippen molar-refractivity contribution < 1.29 is 0 Å². The molecule has 0 radical (unpaired) electrons. The molecule has 0 aromatic heterocycles. The van der Waals surface area contributed by atoms with Crippen molar-refractivity contribution in [2.75, 3.05) is 26.2 Å². The molecule has 3 aliphatic rings. The normalized spacial score (nSPS) is 46.2. The highest BCUT2D eigenvalue weighted by molar-refractivity contribution is 5.85. The van der Waals surface area contributed by atoms with E-state index in [9.17, 15) is 0 Å². The summed E-state index contributed by atoms with van der Waals surface area (Å²) in [5.41, 5.74) is 0.628. The zero-order chi connectivity index (χ0) is 7.31. The number of nitrogens with zero attached hydrogens (tertiary/aromatic N) is 1. The lowest BCUT2D eigenvalue weighted by Gasteiger charge is -2.35. The first-order chi connectivity index (χ1) is 5.39. The van der Waals surface area contributed by atoms with Gasteiger partial charge >= 0.3 is 0 Å². The van der Waals surface area contributed by atoms with Crippen molar-refractivity contribution in [3.63, 3.8) is 0 Å². The van der Waals surface area contributed by atoms with Crippen LogP contribution in [0.1, 0.15) is 19.3 Å². The van der Waals surface area contributed by atoms with Gasteiger partial charge in [-0.3, -0.25) is 4.90 Å². The first-order valence-electron chi connectivity index (χ1n) is 4.85. The molecule has 3 saturated heterocycles. The molecule has 2 unspecified atom stereocenters. The van der Waals surface area contributed by atoms with E-state index in [2.05, 4.69) is 10.2 Å². The summed E-state index contributed by atoms with van der Waals surface area (Å²) in [7, 11) is 0. The first-order valence-corrected chi connectivity index (χ1v) is 4.85. The van der Waals surface area contributed by atoms with Gasteiger partial charge in [-0.2, -0.15) is 0 Å². The van der Waals surface area contributed by atoms with Crippen molar-refractivity contribution in [3.8, 4) is 0 Å². The molecule has 0 aliphatic carbocycles. The van der Waals surface area contributed by atoms with E-state index in [4.69, 9.17) is 0 Å². The van der Waals surface area contributed by atoms with Crippen LogP contribution in [0.2, 0.25) is 0 Å². The van der Waals surface area contributed by atoms with Crippen LogP contribution in [0.15, 0.2) is 0 Å². The monoisotopic (exact) mass is 224 g/mol. The van der Waals surface area contributed by atoms with Gasteiger partial charge in [0.2, 0.25) is 0 Å². The van der Waals surface area contributed by atoms with Crippen molar-refractivity contribution in [1.29, 1.82) is 0 Å². The third-order valence-corrected chi connectivity index (χ3v) is 3.85. The fraction of sp³-hybridized carbons (Fsp3) is 1.00. The number of fused-ring (bicyclic) bond motifs is 3. The Labute approximate surface area is 92.3 Å². The largest absolute Gasteiger partial charge is 0.315 e. The minimum Gasteiger partial charge on any atom is -0.315 e. The van der Waals surface area contributed by atoms with Crippen LogP contribution >= 0.6 is 24.8 Å². The van der Waals surface area contributed by atoms with Crippen LogP contribution in [0.25, 0.3) is 0 Å². The van der Waals surface area contributed by atoms with Gasteiger partial charge in [-0.05, 0) is 38.3 Å². The molecule has 2 nitrogen and oxygen atoms in total. The number of halogens is 2. The van der Waals surface area contributed by atoms with E-state index in [0.717, 1.165) is 5.92 Å². The predicted octanol–water partition coefficient (Wildman–Crippen LogP) is 1.29. The van der Waals surface area contributed by atoms with Crippen LogP contribution in [0.4, 0.5) is 0 Å². The second kappa shape index (κ2) is 3.93. The maximum atomic E-state index is 3.50. The highest BCUT2D eigenvalue weighted by atomic mass is 35.5. The highest BCUT2D eigenvalue weighted by Crippen LogP contribution is 2.43. The van der Waals surface area contributed by atoms with Crippen LogP contribution < -0.4 is 5.32 Å². The quantitative estimate of drug-likeness (QED) is 0.668. The molecule has 1 N–H and O–H groups in total. The molecule has 0 aromatic carbocycles. The Kier molecular flexibility index (Phi) is 3.50. The average molecular weight is 225 g/mol. The van der Waals surface area contributed by atoms with Gasteiger partial charge in [-0.1, -0.05) is 0 Å². The molecule has 3 atom stereocenters. The first kappa shape index (κ1) is 11.6. The number of nitrogens with one attached hydrogen (secondary N) is 1. The topological polar surface area (TPSA) is 15.3 Å². The van der Waals surface area contributed by atoms with Crippen molar-refractivity contribution >= 4 is 24.8 Å². The fourth-order valence-electron chi connectivity index (χ4n) is 3.27. The lowest BCUT2D eigenvalue weighted by atomic mass is 9.87. The Bertz CT molecular complexity index is 180. The molecular weight excluding hydrogens is 207 g/mol. The van der Waals surface area contributed by atoms with E-state index in [1.807, 2.05) is 0 Å². The zero-order valence-electron chi connectivity index (χ0n) is 7.79. The van der Waals surface area contributed by atoms with Crippen molar-refractivity contribution in [3.05, 3.63) is 0 Å². The van der Waals surface area contributed by atoms with Gasteiger partial charge in [-0.25, -0.2) is 0 Å². The van der Waals surface area contributed by atoms with Crippen LogP contribution in [0.5, 0.6) is 0 Å². The van der Waals surface area contributed by atoms with Gasteiger partial charge in [0.05, 0.1) is 0 Å². The third kappa shape index (κ3) is 1.58. The van der Waals surface area contributed by atoms with Gasteiger partial charge in [0.25, 0.3) is 0 Å². The Morgan fingerprint density at radius 2 is 2.15 bits per heavy atom. The minimum atomic E-state index is 0. The van der Waals surface area contributed by atoms with Crippen LogP contribution in [0.3, 0.4) is 0 Å². The average Bonchev–Trinajstić information content (AvgIpc) is 2.64. The molecule has 13 heavy (non-hydrogen) atoms. The molecule has 0 amide bonds. The Morgan fingerprint density at radius 3 is 2.62 bits per heavy atom. The molecule has 3 heterocycles. The van der Waals surface area contributed by atoms with Crippen molar-refractivity contribution in [1.82, 2.24) is 10.2 Å². The minimum absolute atomic E-state index is 0. The van der Waals surface area contributed by atoms with E-state index in [-0.39, 0.29) is 24.8 Å². The van der Waals surface area contributed by atoms with Crippen molar-refractivity contribution in [2.24, 2.45) is 5.92 Å². The second-order valence-corrected chi connectivity index (χ2v) is 4.46. The van der Waals surface area contributed by atoms with E-state index in [0.29, 0.717) is 5.54 Å². The van der Waals surface area contributed by atoms with E-state index >= 15 is 0 Å². The summed E-state index contributed by atoms with van der Waals surface area (Å²) in [6.07, 6.45) is 4.37. The summed E-state index contributed by atoms with van der Waals surface area (Å²) in [5, 5.41) is 3.50. The molecule has 0 saturated carbocycles. The van der Waals surface area contributed by atoms with Gasteiger partial charge in [0.15, 0.2) is 0 Å². The standard InChI is InChI=1S/C9H16N2.2ClH/c1-4-11-6-8(1)5-9(11)2-3-10-7-9;;/h8,10H,1-7H2;2*1H/t8-,9?;;/m1../s1. The van der Waals surface area contributed by atoms with Gasteiger partial charge < -0.3 is 5.32 Å². The second-order valence-electron chi connectivity index (χ2n) is 4.46. The number of hydrogen-bond acceptors (Lipinski definition) is 2.